The Hall–Kier alpha value is -1.62. The van der Waals surface area contributed by atoms with Crippen LogP contribution >= 0.6 is 0 Å². The van der Waals surface area contributed by atoms with Crippen LogP contribution in [-0.2, 0) is 9.53 Å². The molecule has 0 bridgehead atoms. The number of methoxy groups -OCH3 is 1. The number of nitrogens with one attached hydrogen (secondary N) is 1. The SMILES string of the molecule is CCCCC[C@](C)(OC)C(=O)Nc1ccc(OCC)nc1. The first kappa shape index (κ1) is 17.4. The van der Waals surface area contributed by atoms with Crippen LogP contribution in [0.15, 0.2) is 18.3 Å². The fourth-order valence-electron chi connectivity index (χ4n) is 1.97. The summed E-state index contributed by atoms with van der Waals surface area (Å²) in [6.07, 6.45) is 5.47. The summed E-state index contributed by atoms with van der Waals surface area (Å²) in [5.41, 5.74) is -0.171. The van der Waals surface area contributed by atoms with Crippen molar-refractivity contribution in [2.24, 2.45) is 0 Å². The third-order valence-electron chi connectivity index (χ3n) is 3.47. The van der Waals surface area contributed by atoms with E-state index in [0.717, 1.165) is 19.3 Å². The van der Waals surface area contributed by atoms with E-state index in [1.54, 1.807) is 25.4 Å². The molecule has 1 aromatic heterocycles. The Morgan fingerprint density at radius 2 is 2.10 bits per heavy atom. The van der Waals surface area contributed by atoms with Crippen molar-refractivity contribution in [2.45, 2.75) is 52.1 Å². The van der Waals surface area contributed by atoms with Crippen LogP contribution in [0.1, 0.15) is 46.5 Å². The van der Waals surface area contributed by atoms with Crippen LogP contribution in [0.5, 0.6) is 5.88 Å². The summed E-state index contributed by atoms with van der Waals surface area (Å²) in [4.78, 5) is 16.5. The van der Waals surface area contributed by atoms with Gasteiger partial charge < -0.3 is 14.8 Å². The van der Waals surface area contributed by atoms with E-state index in [1.165, 1.54) is 0 Å². The molecule has 5 heteroatoms. The molecule has 0 spiro atoms. The molecule has 1 N–H and O–H groups in total. The lowest BCUT2D eigenvalue weighted by molar-refractivity contribution is -0.136. The summed E-state index contributed by atoms with van der Waals surface area (Å²) in [7, 11) is 1.57. The Morgan fingerprint density at radius 3 is 2.62 bits per heavy atom. The summed E-state index contributed by atoms with van der Waals surface area (Å²) in [5.74, 6) is 0.403. The molecule has 0 aliphatic carbocycles. The Morgan fingerprint density at radius 1 is 1.33 bits per heavy atom. The molecule has 1 aromatic rings. The fourth-order valence-corrected chi connectivity index (χ4v) is 1.97. The van der Waals surface area contributed by atoms with Gasteiger partial charge in [-0.15, -0.1) is 0 Å². The molecule has 0 radical (unpaired) electrons. The van der Waals surface area contributed by atoms with Gasteiger partial charge in [0, 0.05) is 13.2 Å². The molecule has 0 unspecified atom stereocenters. The number of aromatic nitrogens is 1. The molecular weight excluding hydrogens is 268 g/mol. The molecule has 1 atom stereocenters. The van der Waals surface area contributed by atoms with E-state index in [0.29, 0.717) is 24.6 Å². The second-order valence-electron chi connectivity index (χ2n) is 5.16. The van der Waals surface area contributed by atoms with Gasteiger partial charge in [-0.25, -0.2) is 4.98 Å². The summed E-state index contributed by atoms with van der Waals surface area (Å²) in [6.45, 7) is 6.42. The predicted molar refractivity (Wildman–Crippen MR) is 83.6 cm³/mol. The first-order valence-corrected chi connectivity index (χ1v) is 7.51. The molecule has 21 heavy (non-hydrogen) atoms. The average Bonchev–Trinajstić information content (AvgIpc) is 2.49. The van der Waals surface area contributed by atoms with Crippen molar-refractivity contribution in [1.82, 2.24) is 4.98 Å². The quantitative estimate of drug-likeness (QED) is 0.709. The predicted octanol–water partition coefficient (Wildman–Crippen LogP) is 3.40. The van der Waals surface area contributed by atoms with E-state index in [9.17, 15) is 4.79 Å². The molecule has 1 rings (SSSR count). The van der Waals surface area contributed by atoms with Gasteiger partial charge in [0.2, 0.25) is 5.88 Å². The lowest BCUT2D eigenvalue weighted by Gasteiger charge is -2.26. The number of ether oxygens (including phenoxy) is 2. The summed E-state index contributed by atoms with van der Waals surface area (Å²) < 4.78 is 10.7. The number of amides is 1. The molecule has 118 valence electrons. The van der Waals surface area contributed by atoms with Crippen molar-refractivity contribution in [2.75, 3.05) is 19.0 Å². The lowest BCUT2D eigenvalue weighted by atomic mass is 9.97. The van der Waals surface area contributed by atoms with Crippen molar-refractivity contribution in [3.8, 4) is 5.88 Å². The van der Waals surface area contributed by atoms with Gasteiger partial charge in [0.05, 0.1) is 18.5 Å². The minimum absolute atomic E-state index is 0.146. The standard InChI is InChI=1S/C16H26N2O3/c1-5-7-8-11-16(3,20-4)15(19)18-13-9-10-14(17-12-13)21-6-2/h9-10,12H,5-8,11H2,1-4H3,(H,18,19)/t16-/m0/s1. The third-order valence-corrected chi connectivity index (χ3v) is 3.47. The van der Waals surface area contributed by atoms with Gasteiger partial charge in [-0.1, -0.05) is 26.2 Å². The number of rotatable bonds is 9. The molecule has 0 fully saturated rings. The molecule has 1 amide bonds. The zero-order valence-corrected chi connectivity index (χ0v) is 13.4. The number of unbranched alkanes of at least 4 members (excludes halogenated alkanes) is 2. The Balaban J connectivity index is 2.64. The Bertz CT molecular complexity index is 434. The maximum Gasteiger partial charge on any atom is 0.256 e. The maximum absolute atomic E-state index is 12.4. The average molecular weight is 294 g/mol. The number of hydrogen-bond acceptors (Lipinski definition) is 4. The van der Waals surface area contributed by atoms with Gasteiger partial charge in [-0.3, -0.25) is 4.79 Å². The highest BCUT2D eigenvalue weighted by molar-refractivity contribution is 5.96. The highest BCUT2D eigenvalue weighted by Gasteiger charge is 2.32. The molecule has 0 aliphatic heterocycles. The number of hydrogen-bond donors (Lipinski definition) is 1. The number of nitrogens with zero attached hydrogens (tertiary/aromatic N) is 1. The first-order valence-electron chi connectivity index (χ1n) is 7.51. The highest BCUT2D eigenvalue weighted by atomic mass is 16.5. The van der Waals surface area contributed by atoms with Crippen molar-refractivity contribution >= 4 is 11.6 Å². The van der Waals surface area contributed by atoms with Gasteiger partial charge in [-0.2, -0.15) is 0 Å². The van der Waals surface area contributed by atoms with Gasteiger partial charge >= 0.3 is 0 Å². The molecule has 0 aliphatic rings. The van der Waals surface area contributed by atoms with Crippen LogP contribution in [-0.4, -0.2) is 30.2 Å². The fraction of sp³-hybridized carbons (Fsp3) is 0.625. The monoisotopic (exact) mass is 294 g/mol. The normalized spacial score (nSPS) is 13.5. The number of carbonyl (C=O) groups excluding carboxylic acids is 1. The van der Waals surface area contributed by atoms with Crippen LogP contribution in [0.2, 0.25) is 0 Å². The Labute approximate surface area is 127 Å². The minimum Gasteiger partial charge on any atom is -0.478 e. The number of carbonyl (C=O) groups is 1. The molecule has 5 nitrogen and oxygen atoms in total. The summed E-state index contributed by atoms with van der Waals surface area (Å²) >= 11 is 0. The van der Waals surface area contributed by atoms with Crippen molar-refractivity contribution in [3.63, 3.8) is 0 Å². The summed E-state index contributed by atoms with van der Waals surface area (Å²) in [6, 6.07) is 3.51. The van der Waals surface area contributed by atoms with Gasteiger partial charge in [-0.05, 0) is 26.3 Å². The molecular formula is C16H26N2O3. The lowest BCUT2D eigenvalue weighted by Crippen LogP contribution is -2.42. The number of pyridine rings is 1. The van der Waals surface area contributed by atoms with Gasteiger partial charge in [0.1, 0.15) is 5.60 Å². The smallest absolute Gasteiger partial charge is 0.256 e. The van der Waals surface area contributed by atoms with Crippen molar-refractivity contribution < 1.29 is 14.3 Å². The summed E-state index contributed by atoms with van der Waals surface area (Å²) in [5, 5.41) is 2.85. The molecule has 1 heterocycles. The molecule has 0 aromatic carbocycles. The van der Waals surface area contributed by atoms with Gasteiger partial charge in [0.15, 0.2) is 0 Å². The third kappa shape index (κ3) is 5.34. The van der Waals surface area contributed by atoms with Gasteiger partial charge in [0.25, 0.3) is 5.91 Å². The van der Waals surface area contributed by atoms with E-state index in [-0.39, 0.29) is 5.91 Å². The van der Waals surface area contributed by atoms with Crippen LogP contribution < -0.4 is 10.1 Å². The van der Waals surface area contributed by atoms with Crippen LogP contribution in [0.25, 0.3) is 0 Å². The maximum atomic E-state index is 12.4. The largest absolute Gasteiger partial charge is 0.478 e. The topological polar surface area (TPSA) is 60.5 Å². The van der Waals surface area contributed by atoms with E-state index >= 15 is 0 Å². The van der Waals surface area contributed by atoms with E-state index in [1.807, 2.05) is 13.8 Å². The zero-order chi connectivity index (χ0) is 15.7. The second-order valence-corrected chi connectivity index (χ2v) is 5.16. The van der Waals surface area contributed by atoms with Crippen molar-refractivity contribution in [3.05, 3.63) is 18.3 Å². The van der Waals surface area contributed by atoms with Crippen LogP contribution in [0.4, 0.5) is 5.69 Å². The van der Waals surface area contributed by atoms with Crippen molar-refractivity contribution in [1.29, 1.82) is 0 Å². The minimum atomic E-state index is -0.812. The highest BCUT2D eigenvalue weighted by Crippen LogP contribution is 2.21. The van der Waals surface area contributed by atoms with Crippen LogP contribution in [0, 0.1) is 0 Å². The van der Waals surface area contributed by atoms with E-state index in [2.05, 4.69) is 17.2 Å². The molecule has 0 saturated carbocycles. The second kappa shape index (κ2) is 8.62. The number of anilines is 1. The molecule has 0 saturated heterocycles. The Kier molecular flexibility index (Phi) is 7.15. The zero-order valence-electron chi connectivity index (χ0n) is 13.4. The van der Waals surface area contributed by atoms with E-state index in [4.69, 9.17) is 9.47 Å². The first-order chi connectivity index (χ1) is 10.1. The van der Waals surface area contributed by atoms with Crippen LogP contribution in [0.3, 0.4) is 0 Å². The van der Waals surface area contributed by atoms with E-state index < -0.39 is 5.60 Å².